The van der Waals surface area contributed by atoms with Crippen LogP contribution < -0.4 is 5.73 Å². The van der Waals surface area contributed by atoms with Crippen molar-refractivity contribution >= 4 is 0 Å². The van der Waals surface area contributed by atoms with Crippen LogP contribution in [-0.4, -0.2) is 6.54 Å². The van der Waals surface area contributed by atoms with Crippen LogP contribution in [0.5, 0.6) is 0 Å². The number of nitrogens with two attached hydrogens (primary N) is 1. The first-order chi connectivity index (χ1) is 7.72. The van der Waals surface area contributed by atoms with E-state index in [0.29, 0.717) is 6.54 Å². The van der Waals surface area contributed by atoms with Crippen molar-refractivity contribution < 1.29 is 0 Å². The molecule has 0 aliphatic carbocycles. The van der Waals surface area contributed by atoms with E-state index in [1.54, 1.807) is 6.08 Å². The zero-order valence-electron chi connectivity index (χ0n) is 12.5. The lowest BCUT2D eigenvalue weighted by Gasteiger charge is -1.84. The summed E-state index contributed by atoms with van der Waals surface area (Å²) in [6.07, 6.45) is 9.19. The summed E-state index contributed by atoms with van der Waals surface area (Å²) in [5.74, 6) is 0. The molecule has 0 aromatic carbocycles. The second-order valence-electron chi connectivity index (χ2n) is 2.37. The Kier molecular flexibility index (Phi) is 56.2. The van der Waals surface area contributed by atoms with Crippen LogP contribution in [0.3, 0.4) is 0 Å². The molecule has 16 heavy (non-hydrogen) atoms. The summed E-state index contributed by atoms with van der Waals surface area (Å²) in [5, 5.41) is 0. The Morgan fingerprint density at radius 1 is 1.19 bits per heavy atom. The lowest BCUT2D eigenvalue weighted by atomic mass is 10.2. The Bertz CT molecular complexity index is 144. The molecule has 0 amide bonds. The van der Waals surface area contributed by atoms with E-state index in [1.807, 2.05) is 27.7 Å². The van der Waals surface area contributed by atoms with E-state index in [2.05, 4.69) is 45.6 Å². The Morgan fingerprint density at radius 2 is 1.56 bits per heavy atom. The van der Waals surface area contributed by atoms with E-state index in [0.717, 1.165) is 6.42 Å². The van der Waals surface area contributed by atoms with E-state index in [1.165, 1.54) is 5.57 Å². The first-order valence-electron chi connectivity index (χ1n) is 6.33. The van der Waals surface area contributed by atoms with Gasteiger partial charge < -0.3 is 5.73 Å². The van der Waals surface area contributed by atoms with Crippen molar-refractivity contribution in [1.29, 1.82) is 0 Å². The summed E-state index contributed by atoms with van der Waals surface area (Å²) >= 11 is 0. The molecule has 0 radical (unpaired) electrons. The van der Waals surface area contributed by atoms with Crippen molar-refractivity contribution in [3.63, 3.8) is 0 Å². The van der Waals surface area contributed by atoms with Gasteiger partial charge in [-0.25, -0.2) is 0 Å². The zero-order valence-corrected chi connectivity index (χ0v) is 12.5. The lowest BCUT2D eigenvalue weighted by molar-refractivity contribution is 1.22. The van der Waals surface area contributed by atoms with Gasteiger partial charge in [0.15, 0.2) is 0 Å². The molecule has 0 atom stereocenters. The molecule has 98 valence electrons. The predicted octanol–water partition coefficient (Wildman–Crippen LogP) is 5.10. The molecule has 0 rings (SSSR count). The minimum Gasteiger partial charge on any atom is -0.327 e. The first-order valence-corrected chi connectivity index (χ1v) is 6.33. The van der Waals surface area contributed by atoms with Crippen molar-refractivity contribution in [1.82, 2.24) is 0 Å². The highest BCUT2D eigenvalue weighted by Crippen LogP contribution is 1.93. The van der Waals surface area contributed by atoms with E-state index < -0.39 is 0 Å². The van der Waals surface area contributed by atoms with Crippen LogP contribution in [0.1, 0.15) is 54.9 Å². The van der Waals surface area contributed by atoms with Crippen molar-refractivity contribution in [3.8, 4) is 0 Å². The fraction of sp³-hybridized carbons (Fsp3) is 0.600. The van der Waals surface area contributed by atoms with Crippen molar-refractivity contribution in [3.05, 3.63) is 36.5 Å². The standard InChI is InChI=1S/C8H14.C3H7N.2C2H6/c1-4-6-7-8(3)5-2;1-2-3-4;2*1-2/h5-7H,4H2,1-3H3;2H,1,3-4H2;2*1-2H3/b7-6-,8-5-;;;. The van der Waals surface area contributed by atoms with Gasteiger partial charge in [0.25, 0.3) is 0 Å². The number of hydrogen-bond acceptors (Lipinski definition) is 1. The number of allylic oxidation sites excluding steroid dienone is 4. The van der Waals surface area contributed by atoms with Crippen LogP contribution in [0, 0.1) is 0 Å². The van der Waals surface area contributed by atoms with Crippen LogP contribution in [0.2, 0.25) is 0 Å². The van der Waals surface area contributed by atoms with Gasteiger partial charge >= 0.3 is 0 Å². The van der Waals surface area contributed by atoms with Crippen molar-refractivity contribution in [2.24, 2.45) is 5.73 Å². The largest absolute Gasteiger partial charge is 0.327 e. The molecule has 0 aromatic rings. The van der Waals surface area contributed by atoms with E-state index in [-0.39, 0.29) is 0 Å². The lowest BCUT2D eigenvalue weighted by Crippen LogP contribution is -1.90. The highest BCUT2D eigenvalue weighted by molar-refractivity contribution is 5.14. The average Bonchev–Trinajstić information content (AvgIpc) is 2.40. The smallest absolute Gasteiger partial charge is 0.0104 e. The normalized spacial score (nSPS) is 8.88. The van der Waals surface area contributed by atoms with Crippen molar-refractivity contribution in [2.75, 3.05) is 6.54 Å². The minimum atomic E-state index is 0.583. The molecule has 2 N–H and O–H groups in total. The topological polar surface area (TPSA) is 26.0 Å². The molecule has 0 heterocycles. The third-order valence-electron chi connectivity index (χ3n) is 1.24. The fourth-order valence-corrected chi connectivity index (χ4v) is 0.400. The van der Waals surface area contributed by atoms with Gasteiger partial charge in [-0.2, -0.15) is 0 Å². The highest BCUT2D eigenvalue weighted by Gasteiger charge is 1.72. The Labute approximate surface area is 104 Å². The van der Waals surface area contributed by atoms with E-state index in [4.69, 9.17) is 5.73 Å². The maximum Gasteiger partial charge on any atom is 0.0104 e. The van der Waals surface area contributed by atoms with E-state index >= 15 is 0 Å². The summed E-state index contributed by atoms with van der Waals surface area (Å²) in [6.45, 7) is 18.2. The summed E-state index contributed by atoms with van der Waals surface area (Å²) < 4.78 is 0. The molecular weight excluding hydrogens is 194 g/mol. The van der Waals surface area contributed by atoms with Gasteiger partial charge in [-0.15, -0.1) is 6.58 Å². The van der Waals surface area contributed by atoms with E-state index in [9.17, 15) is 0 Å². The minimum absolute atomic E-state index is 0.583. The summed E-state index contributed by atoms with van der Waals surface area (Å²) in [4.78, 5) is 0. The van der Waals surface area contributed by atoms with Gasteiger partial charge in [-0.05, 0) is 20.3 Å². The molecule has 1 heteroatoms. The first kappa shape index (κ1) is 24.4. The summed E-state index contributed by atoms with van der Waals surface area (Å²) in [5.41, 5.74) is 6.25. The molecule has 1 nitrogen and oxygen atoms in total. The Balaban J connectivity index is -0.0000000761. The fourth-order valence-electron chi connectivity index (χ4n) is 0.400. The summed E-state index contributed by atoms with van der Waals surface area (Å²) in [6, 6.07) is 0. The molecule has 0 fully saturated rings. The van der Waals surface area contributed by atoms with Crippen LogP contribution in [0.25, 0.3) is 0 Å². The number of rotatable bonds is 3. The van der Waals surface area contributed by atoms with Crippen LogP contribution in [0.15, 0.2) is 36.5 Å². The third-order valence-corrected chi connectivity index (χ3v) is 1.24. The molecule has 0 aromatic heterocycles. The SMILES string of the molecule is C/C=C(C)\C=C/CC.C=CCN.CC.CC. The van der Waals surface area contributed by atoms with Gasteiger partial charge in [0.1, 0.15) is 0 Å². The Morgan fingerprint density at radius 3 is 1.75 bits per heavy atom. The molecule has 0 aliphatic rings. The average molecular weight is 227 g/mol. The maximum absolute atomic E-state index is 4.91. The van der Waals surface area contributed by atoms with Crippen molar-refractivity contribution in [2.45, 2.75) is 54.9 Å². The molecule has 0 bridgehead atoms. The zero-order chi connectivity index (χ0) is 13.8. The maximum atomic E-state index is 4.91. The van der Waals surface area contributed by atoms with Gasteiger partial charge in [-0.1, -0.05) is 64.5 Å². The molecule has 0 unspecified atom stereocenters. The quantitative estimate of drug-likeness (QED) is 0.526. The van der Waals surface area contributed by atoms with Gasteiger partial charge in [-0.3, -0.25) is 0 Å². The predicted molar refractivity (Wildman–Crippen MR) is 80.8 cm³/mol. The Hall–Kier alpha value is -0.820. The van der Waals surface area contributed by atoms with Crippen LogP contribution in [-0.2, 0) is 0 Å². The molecular formula is C15H33N. The van der Waals surface area contributed by atoms with Crippen LogP contribution >= 0.6 is 0 Å². The number of hydrogen-bond donors (Lipinski definition) is 1. The van der Waals surface area contributed by atoms with Gasteiger partial charge in [0, 0.05) is 6.54 Å². The third kappa shape index (κ3) is 51.2. The van der Waals surface area contributed by atoms with Gasteiger partial charge in [0.2, 0.25) is 0 Å². The van der Waals surface area contributed by atoms with Crippen LogP contribution in [0.4, 0.5) is 0 Å². The molecule has 0 saturated heterocycles. The van der Waals surface area contributed by atoms with Gasteiger partial charge in [0.05, 0.1) is 0 Å². The second-order valence-corrected chi connectivity index (χ2v) is 2.37. The summed E-state index contributed by atoms with van der Waals surface area (Å²) in [7, 11) is 0. The monoisotopic (exact) mass is 227 g/mol. The molecule has 0 saturated carbocycles. The highest BCUT2D eigenvalue weighted by atomic mass is 14.5. The molecule has 0 aliphatic heterocycles. The second kappa shape index (κ2) is 36.8. The molecule has 0 spiro atoms.